The third-order valence-corrected chi connectivity index (χ3v) is 3.71. The molecule has 7 nitrogen and oxygen atoms in total. The number of likely N-dealkylation sites (tertiary alicyclic amines) is 1. The van der Waals surface area contributed by atoms with E-state index in [0.29, 0.717) is 17.1 Å². The zero-order valence-corrected chi connectivity index (χ0v) is 11.7. The number of nitrogens with one attached hydrogen (secondary N) is 1. The fraction of sp³-hybridized carbons (Fsp3) is 0.500. The average molecular weight is 290 g/mol. The lowest BCUT2D eigenvalue weighted by molar-refractivity contribution is -0.384. The molecule has 2 aromatic rings. The van der Waals surface area contributed by atoms with Crippen molar-refractivity contribution in [1.29, 1.82) is 0 Å². The molecular formula is C14H18N4O3. The minimum Gasteiger partial charge on any atom is -0.423 e. The van der Waals surface area contributed by atoms with Crippen LogP contribution in [-0.2, 0) is 0 Å². The zero-order chi connectivity index (χ0) is 14.7. The van der Waals surface area contributed by atoms with Crippen molar-refractivity contribution in [3.8, 4) is 0 Å². The molecule has 0 bridgehead atoms. The first-order chi connectivity index (χ1) is 10.2. The Morgan fingerprint density at radius 2 is 2.19 bits per heavy atom. The molecule has 21 heavy (non-hydrogen) atoms. The predicted octanol–water partition coefficient (Wildman–Crippen LogP) is 2.63. The minimum atomic E-state index is -0.439. The summed E-state index contributed by atoms with van der Waals surface area (Å²) in [5, 5.41) is 13.8. The standard InChI is InChI=1S/C14H18N4O3/c19-18(20)11-4-5-12-13(10-11)21-14(16-12)15-6-3-9-17-7-1-2-8-17/h4-5,10H,1-3,6-9H2,(H,15,16). The number of nitro groups is 1. The molecule has 0 amide bonds. The molecule has 1 saturated heterocycles. The molecule has 1 aromatic carbocycles. The maximum atomic E-state index is 10.7. The van der Waals surface area contributed by atoms with Gasteiger partial charge in [0, 0.05) is 12.6 Å². The van der Waals surface area contributed by atoms with E-state index in [4.69, 9.17) is 4.42 Å². The predicted molar refractivity (Wildman–Crippen MR) is 79.4 cm³/mol. The SMILES string of the molecule is O=[N+]([O-])c1ccc2nc(NCCCN3CCCC3)oc2c1. The Balaban J connectivity index is 1.55. The van der Waals surface area contributed by atoms with Gasteiger partial charge in [-0.05, 0) is 45.0 Å². The number of nitro benzene ring substituents is 1. The molecule has 3 rings (SSSR count). The molecule has 1 aromatic heterocycles. The van der Waals surface area contributed by atoms with Crippen LogP contribution in [0.1, 0.15) is 19.3 Å². The summed E-state index contributed by atoms with van der Waals surface area (Å²) in [6, 6.07) is 4.86. The van der Waals surface area contributed by atoms with Gasteiger partial charge in [-0.1, -0.05) is 0 Å². The van der Waals surface area contributed by atoms with Crippen molar-refractivity contribution >= 4 is 22.8 Å². The fourth-order valence-corrected chi connectivity index (χ4v) is 2.61. The zero-order valence-electron chi connectivity index (χ0n) is 11.7. The van der Waals surface area contributed by atoms with Gasteiger partial charge < -0.3 is 14.6 Å². The molecule has 2 heterocycles. The minimum absolute atomic E-state index is 0.0132. The van der Waals surface area contributed by atoms with E-state index < -0.39 is 4.92 Å². The van der Waals surface area contributed by atoms with Crippen LogP contribution < -0.4 is 5.32 Å². The Morgan fingerprint density at radius 1 is 1.38 bits per heavy atom. The van der Waals surface area contributed by atoms with Crippen molar-refractivity contribution in [2.24, 2.45) is 0 Å². The van der Waals surface area contributed by atoms with Gasteiger partial charge >= 0.3 is 0 Å². The number of oxazole rings is 1. The first-order valence-electron chi connectivity index (χ1n) is 7.23. The summed E-state index contributed by atoms with van der Waals surface area (Å²) in [4.78, 5) is 17.0. The first-order valence-corrected chi connectivity index (χ1v) is 7.23. The van der Waals surface area contributed by atoms with Crippen LogP contribution in [0.15, 0.2) is 22.6 Å². The molecule has 1 fully saturated rings. The average Bonchev–Trinajstić information content (AvgIpc) is 3.11. The summed E-state index contributed by atoms with van der Waals surface area (Å²) in [5.41, 5.74) is 1.08. The van der Waals surface area contributed by atoms with Crippen LogP contribution in [0, 0.1) is 10.1 Å². The Labute approximate surface area is 122 Å². The Hall–Kier alpha value is -2.15. The summed E-state index contributed by atoms with van der Waals surface area (Å²) in [6.07, 6.45) is 3.63. The van der Waals surface area contributed by atoms with Crippen LogP contribution >= 0.6 is 0 Å². The summed E-state index contributed by atoms with van der Waals surface area (Å²) < 4.78 is 5.49. The third kappa shape index (κ3) is 3.30. The number of hydrogen-bond acceptors (Lipinski definition) is 6. The number of rotatable bonds is 6. The number of nitrogens with zero attached hydrogens (tertiary/aromatic N) is 3. The molecule has 0 spiro atoms. The van der Waals surface area contributed by atoms with Crippen LogP contribution in [-0.4, -0.2) is 41.0 Å². The van der Waals surface area contributed by atoms with Crippen molar-refractivity contribution < 1.29 is 9.34 Å². The molecule has 112 valence electrons. The highest BCUT2D eigenvalue weighted by Gasteiger charge is 2.12. The first kappa shape index (κ1) is 13.8. The van der Waals surface area contributed by atoms with Gasteiger partial charge in [-0.25, -0.2) is 0 Å². The second-order valence-electron chi connectivity index (χ2n) is 5.26. The monoisotopic (exact) mass is 290 g/mol. The summed E-state index contributed by atoms with van der Waals surface area (Å²) in [6.45, 7) is 4.27. The van der Waals surface area contributed by atoms with Crippen LogP contribution in [0.5, 0.6) is 0 Å². The molecule has 1 aliphatic rings. The van der Waals surface area contributed by atoms with E-state index in [2.05, 4.69) is 15.2 Å². The van der Waals surface area contributed by atoms with Crippen molar-refractivity contribution in [2.75, 3.05) is 31.5 Å². The van der Waals surface area contributed by atoms with Gasteiger partial charge in [0.05, 0.1) is 11.0 Å². The normalized spacial score (nSPS) is 15.6. The highest BCUT2D eigenvalue weighted by Crippen LogP contribution is 2.23. The molecule has 0 unspecified atom stereocenters. The van der Waals surface area contributed by atoms with Gasteiger partial charge in [0.2, 0.25) is 0 Å². The Kier molecular flexibility index (Phi) is 4.01. The van der Waals surface area contributed by atoms with Crippen LogP contribution in [0.2, 0.25) is 0 Å². The summed E-state index contributed by atoms with van der Waals surface area (Å²) in [7, 11) is 0. The van der Waals surface area contributed by atoms with E-state index in [1.807, 2.05) is 0 Å². The van der Waals surface area contributed by atoms with Crippen molar-refractivity contribution in [3.63, 3.8) is 0 Å². The third-order valence-electron chi connectivity index (χ3n) is 3.71. The number of non-ortho nitro benzene ring substituents is 1. The number of hydrogen-bond donors (Lipinski definition) is 1. The lowest BCUT2D eigenvalue weighted by Gasteiger charge is -2.13. The topological polar surface area (TPSA) is 84.4 Å². The van der Waals surface area contributed by atoms with Crippen LogP contribution in [0.3, 0.4) is 0 Å². The molecular weight excluding hydrogens is 272 g/mol. The quantitative estimate of drug-likeness (QED) is 0.500. The van der Waals surface area contributed by atoms with Gasteiger partial charge in [0.1, 0.15) is 5.52 Å². The highest BCUT2D eigenvalue weighted by atomic mass is 16.6. The maximum absolute atomic E-state index is 10.7. The van der Waals surface area contributed by atoms with Gasteiger partial charge in [-0.2, -0.15) is 4.98 Å². The highest BCUT2D eigenvalue weighted by molar-refractivity contribution is 5.77. The van der Waals surface area contributed by atoms with Crippen molar-refractivity contribution in [3.05, 3.63) is 28.3 Å². The van der Waals surface area contributed by atoms with Crippen LogP contribution in [0.4, 0.5) is 11.7 Å². The van der Waals surface area contributed by atoms with Crippen molar-refractivity contribution in [2.45, 2.75) is 19.3 Å². The van der Waals surface area contributed by atoms with E-state index in [-0.39, 0.29) is 5.69 Å². The molecule has 0 atom stereocenters. The van der Waals surface area contributed by atoms with Crippen LogP contribution in [0.25, 0.3) is 11.1 Å². The summed E-state index contributed by atoms with van der Waals surface area (Å²) >= 11 is 0. The van der Waals surface area contributed by atoms with E-state index in [1.165, 1.54) is 38.1 Å². The summed E-state index contributed by atoms with van der Waals surface area (Å²) in [5.74, 6) is 0. The molecule has 1 N–H and O–H groups in total. The largest absolute Gasteiger partial charge is 0.423 e. The number of benzene rings is 1. The Morgan fingerprint density at radius 3 is 2.95 bits per heavy atom. The van der Waals surface area contributed by atoms with Gasteiger partial charge in [0.25, 0.3) is 11.7 Å². The second kappa shape index (κ2) is 6.09. The van der Waals surface area contributed by atoms with E-state index in [9.17, 15) is 10.1 Å². The van der Waals surface area contributed by atoms with E-state index in [1.54, 1.807) is 6.07 Å². The van der Waals surface area contributed by atoms with Gasteiger partial charge in [-0.15, -0.1) is 0 Å². The van der Waals surface area contributed by atoms with Crippen molar-refractivity contribution in [1.82, 2.24) is 9.88 Å². The number of aromatic nitrogens is 1. The lowest BCUT2D eigenvalue weighted by Crippen LogP contribution is -2.22. The molecule has 0 aliphatic carbocycles. The van der Waals surface area contributed by atoms with Gasteiger partial charge in [0.15, 0.2) is 5.58 Å². The molecule has 7 heteroatoms. The molecule has 1 aliphatic heterocycles. The smallest absolute Gasteiger partial charge is 0.295 e. The molecule has 0 radical (unpaired) electrons. The van der Waals surface area contributed by atoms with E-state index >= 15 is 0 Å². The van der Waals surface area contributed by atoms with E-state index in [0.717, 1.165) is 19.5 Å². The van der Waals surface area contributed by atoms with Gasteiger partial charge in [-0.3, -0.25) is 10.1 Å². The number of anilines is 1. The maximum Gasteiger partial charge on any atom is 0.295 e. The number of fused-ring (bicyclic) bond motifs is 1. The lowest BCUT2D eigenvalue weighted by atomic mass is 10.3. The molecule has 0 saturated carbocycles. The second-order valence-corrected chi connectivity index (χ2v) is 5.26. The Bertz CT molecular complexity index is 634. The fourth-order valence-electron chi connectivity index (χ4n) is 2.61.